The van der Waals surface area contributed by atoms with Crippen molar-refractivity contribution in [1.82, 2.24) is 10.6 Å². The number of hydrogen-bond acceptors (Lipinski definition) is 2. The van der Waals surface area contributed by atoms with Crippen LogP contribution in [0, 0.1) is 18.8 Å². The monoisotopic (exact) mass is 446 g/mol. The zero-order chi connectivity index (χ0) is 21.4. The first-order valence-electron chi connectivity index (χ1n) is 12.3. The lowest BCUT2D eigenvalue weighted by atomic mass is 9.62. The van der Waals surface area contributed by atoms with Crippen molar-refractivity contribution in [2.24, 2.45) is 11.3 Å². The minimum absolute atomic E-state index is 0. The Kier molecular flexibility index (Phi) is 10.9. The lowest BCUT2D eigenvalue weighted by Gasteiger charge is -2.45. The first-order chi connectivity index (χ1) is 14.5. The number of unbranched alkanes of at least 4 members (excludes halogenated alkanes) is 1. The van der Waals surface area contributed by atoms with Crippen molar-refractivity contribution in [3.63, 3.8) is 0 Å². The molecule has 1 amide bonds. The summed E-state index contributed by atoms with van der Waals surface area (Å²) in [5.41, 5.74) is 2.17. The summed E-state index contributed by atoms with van der Waals surface area (Å²) in [7, 11) is 0. The van der Waals surface area contributed by atoms with E-state index in [4.69, 9.17) is 11.6 Å². The molecule has 0 aromatic heterocycles. The second kappa shape index (κ2) is 12.8. The lowest BCUT2D eigenvalue weighted by molar-refractivity contribution is 0.0682. The van der Waals surface area contributed by atoms with E-state index >= 15 is 0 Å². The van der Waals surface area contributed by atoms with Crippen molar-refractivity contribution in [1.29, 1.82) is 0 Å². The van der Waals surface area contributed by atoms with E-state index in [1.54, 1.807) is 0 Å². The van der Waals surface area contributed by atoms with Gasteiger partial charge in [0, 0.05) is 12.6 Å². The van der Waals surface area contributed by atoms with E-state index in [1.165, 1.54) is 69.8 Å². The zero-order valence-corrected chi connectivity index (χ0v) is 20.5. The molecule has 1 atom stereocenters. The van der Waals surface area contributed by atoms with Gasteiger partial charge >= 0.3 is 0 Å². The molecule has 2 aliphatic rings. The minimum Gasteiger partial charge on any atom is -0.351 e. The third-order valence-corrected chi connectivity index (χ3v) is 7.72. The van der Waals surface area contributed by atoms with Crippen LogP contribution in [0.15, 0.2) is 18.2 Å². The number of hydrogen-bond donors (Lipinski definition) is 2. The second-order valence-corrected chi connectivity index (χ2v) is 10.4. The summed E-state index contributed by atoms with van der Waals surface area (Å²) in [6, 6.07) is 6.53. The SMILES string of the molecule is CCCCC(C)NCCCc1ccc(Cl)c(C(=O)NCC23CCCC(CCC2)C3)c1.[CH2]. The van der Waals surface area contributed by atoms with E-state index in [0.717, 1.165) is 31.8 Å². The van der Waals surface area contributed by atoms with Crippen LogP contribution in [-0.2, 0) is 6.42 Å². The maximum absolute atomic E-state index is 12.9. The van der Waals surface area contributed by atoms with Gasteiger partial charge in [-0.3, -0.25) is 4.79 Å². The average molecular weight is 447 g/mol. The van der Waals surface area contributed by atoms with Crippen molar-refractivity contribution in [3.05, 3.63) is 41.8 Å². The number of nitrogens with one attached hydrogen (secondary N) is 2. The van der Waals surface area contributed by atoms with Crippen LogP contribution in [0.4, 0.5) is 0 Å². The third-order valence-electron chi connectivity index (χ3n) is 7.39. The van der Waals surface area contributed by atoms with Crippen molar-refractivity contribution < 1.29 is 4.79 Å². The van der Waals surface area contributed by atoms with E-state index in [-0.39, 0.29) is 13.3 Å². The van der Waals surface area contributed by atoms with Crippen molar-refractivity contribution in [3.8, 4) is 0 Å². The molecular weight excluding hydrogens is 404 g/mol. The van der Waals surface area contributed by atoms with Crippen LogP contribution >= 0.6 is 11.6 Å². The Labute approximate surface area is 196 Å². The number of rotatable bonds is 11. The molecule has 2 bridgehead atoms. The molecule has 3 nitrogen and oxygen atoms in total. The number of amides is 1. The number of fused-ring (bicyclic) bond motifs is 2. The maximum atomic E-state index is 12.9. The summed E-state index contributed by atoms with van der Waals surface area (Å²) in [5, 5.41) is 7.42. The third kappa shape index (κ3) is 7.79. The molecule has 0 saturated heterocycles. The number of carbonyl (C=O) groups is 1. The summed E-state index contributed by atoms with van der Waals surface area (Å²) in [4.78, 5) is 12.9. The van der Waals surface area contributed by atoms with Gasteiger partial charge in [0.2, 0.25) is 0 Å². The van der Waals surface area contributed by atoms with Gasteiger partial charge in [-0.15, -0.1) is 0 Å². The zero-order valence-electron chi connectivity index (χ0n) is 19.8. The quantitative estimate of drug-likeness (QED) is 0.364. The van der Waals surface area contributed by atoms with Gasteiger partial charge < -0.3 is 10.6 Å². The topological polar surface area (TPSA) is 41.1 Å². The van der Waals surface area contributed by atoms with Crippen LogP contribution in [0.2, 0.25) is 5.02 Å². The van der Waals surface area contributed by atoms with Gasteiger partial charge in [0.1, 0.15) is 0 Å². The molecule has 2 aliphatic carbocycles. The normalized spacial score (nSPS) is 23.6. The number of halogens is 1. The van der Waals surface area contributed by atoms with E-state index in [0.29, 0.717) is 22.0 Å². The average Bonchev–Trinajstić information content (AvgIpc) is 2.75. The van der Waals surface area contributed by atoms with Crippen LogP contribution in [-0.4, -0.2) is 25.0 Å². The molecule has 0 heterocycles. The molecule has 31 heavy (non-hydrogen) atoms. The van der Waals surface area contributed by atoms with Crippen LogP contribution in [0.1, 0.15) is 100 Å². The van der Waals surface area contributed by atoms with Crippen LogP contribution < -0.4 is 10.6 Å². The summed E-state index contributed by atoms with van der Waals surface area (Å²) in [6.45, 7) is 6.32. The molecule has 1 aromatic rings. The van der Waals surface area contributed by atoms with Crippen molar-refractivity contribution in [2.45, 2.75) is 96.9 Å². The Bertz CT molecular complexity index is 680. The molecule has 0 spiro atoms. The van der Waals surface area contributed by atoms with Gasteiger partial charge in [-0.2, -0.15) is 0 Å². The fraction of sp³-hybridized carbons (Fsp3) is 0.704. The molecule has 2 saturated carbocycles. The van der Waals surface area contributed by atoms with Gasteiger partial charge in [0.05, 0.1) is 10.6 Å². The summed E-state index contributed by atoms with van der Waals surface area (Å²) in [5.74, 6) is 0.879. The first-order valence-corrected chi connectivity index (χ1v) is 12.7. The summed E-state index contributed by atoms with van der Waals surface area (Å²) >= 11 is 6.39. The minimum atomic E-state index is -0.00441. The number of benzene rings is 1. The van der Waals surface area contributed by atoms with Crippen LogP contribution in [0.5, 0.6) is 0 Å². The lowest BCUT2D eigenvalue weighted by Crippen LogP contribution is -2.43. The largest absolute Gasteiger partial charge is 0.351 e. The van der Waals surface area contributed by atoms with E-state index in [1.807, 2.05) is 12.1 Å². The Morgan fingerprint density at radius 3 is 2.68 bits per heavy atom. The van der Waals surface area contributed by atoms with Crippen molar-refractivity contribution >= 4 is 17.5 Å². The molecule has 0 aliphatic heterocycles. The predicted molar refractivity (Wildman–Crippen MR) is 133 cm³/mol. The Balaban J connectivity index is 0.00000341. The van der Waals surface area contributed by atoms with Crippen molar-refractivity contribution in [2.75, 3.05) is 13.1 Å². The first kappa shape index (κ1) is 26.2. The molecule has 1 aromatic carbocycles. The Morgan fingerprint density at radius 1 is 1.23 bits per heavy atom. The van der Waals surface area contributed by atoms with Gasteiger partial charge in [-0.05, 0) is 81.0 Å². The fourth-order valence-electron chi connectivity index (χ4n) is 5.59. The standard InChI is InChI=1S/C26H41ClN2O.CH2/c1-3-4-8-20(2)28-16-7-11-21-12-13-24(27)23(17-21)25(30)29-19-26-14-5-9-22(18-26)10-6-15-26;/h12-13,17,20,22,28H,3-11,14-16,18-19H2,1-2H3,(H,29,30);1H2. The van der Waals surface area contributed by atoms with E-state index < -0.39 is 0 Å². The second-order valence-electron chi connectivity index (χ2n) is 9.95. The Hall–Kier alpha value is -1.06. The van der Waals surface area contributed by atoms with Crippen LogP contribution in [0.3, 0.4) is 0 Å². The van der Waals surface area contributed by atoms with Crippen LogP contribution in [0.25, 0.3) is 0 Å². The molecule has 3 rings (SSSR count). The van der Waals surface area contributed by atoms with Gasteiger partial charge in [-0.25, -0.2) is 0 Å². The molecule has 174 valence electrons. The highest BCUT2D eigenvalue weighted by Gasteiger charge is 2.39. The predicted octanol–water partition coefficient (Wildman–Crippen LogP) is 6.86. The fourth-order valence-corrected chi connectivity index (χ4v) is 5.79. The van der Waals surface area contributed by atoms with E-state index in [2.05, 4.69) is 30.5 Å². The molecule has 1 unspecified atom stereocenters. The molecule has 4 heteroatoms. The highest BCUT2D eigenvalue weighted by Crippen LogP contribution is 2.48. The van der Waals surface area contributed by atoms with Gasteiger partial charge in [0.15, 0.2) is 0 Å². The molecular formula is C27H43ClN2O. The number of carbonyl (C=O) groups excluding carboxylic acids is 1. The molecule has 2 radical (unpaired) electrons. The van der Waals surface area contributed by atoms with Gasteiger partial charge in [-0.1, -0.05) is 70.5 Å². The maximum Gasteiger partial charge on any atom is 0.252 e. The van der Waals surface area contributed by atoms with Gasteiger partial charge in [0.25, 0.3) is 5.91 Å². The number of aryl methyl sites for hydroxylation is 1. The highest BCUT2D eigenvalue weighted by molar-refractivity contribution is 6.33. The molecule has 2 fully saturated rings. The smallest absolute Gasteiger partial charge is 0.252 e. The van der Waals surface area contributed by atoms with E-state index in [9.17, 15) is 4.79 Å². The Morgan fingerprint density at radius 2 is 1.97 bits per heavy atom. The summed E-state index contributed by atoms with van der Waals surface area (Å²) < 4.78 is 0. The molecule has 2 N–H and O–H groups in total. The summed E-state index contributed by atoms with van der Waals surface area (Å²) in [6.07, 6.45) is 15.1. The highest BCUT2D eigenvalue weighted by atomic mass is 35.5.